The monoisotopic (exact) mass is 263 g/mol. The van der Waals surface area contributed by atoms with Gasteiger partial charge in [0.2, 0.25) is 0 Å². The summed E-state index contributed by atoms with van der Waals surface area (Å²) in [6.07, 6.45) is 0. The smallest absolute Gasteiger partial charge is 0.293 e. The van der Waals surface area contributed by atoms with Crippen LogP contribution in [0.3, 0.4) is 0 Å². The summed E-state index contributed by atoms with van der Waals surface area (Å²) in [7, 11) is 1.87. The maximum Gasteiger partial charge on any atom is 0.293 e. The van der Waals surface area contributed by atoms with Gasteiger partial charge in [-0.25, -0.2) is 0 Å². The first-order valence-corrected chi connectivity index (χ1v) is 5.80. The van der Waals surface area contributed by atoms with Gasteiger partial charge in [-0.2, -0.15) is 5.26 Å². The third-order valence-electron chi connectivity index (χ3n) is 2.67. The summed E-state index contributed by atoms with van der Waals surface area (Å²) in [6, 6.07) is 6.99. The Labute approximate surface area is 111 Å². The van der Waals surface area contributed by atoms with Crippen molar-refractivity contribution < 1.29 is 4.92 Å². The van der Waals surface area contributed by atoms with Crippen LogP contribution in [0.15, 0.2) is 18.2 Å². The summed E-state index contributed by atoms with van der Waals surface area (Å²) in [5, 5.41) is 19.6. The predicted molar refractivity (Wildman–Crippen MR) is 72.0 cm³/mol. The number of nitriles is 1. The number of nitro benzene ring substituents is 1. The topological polar surface area (TPSA) is 108 Å². The van der Waals surface area contributed by atoms with Crippen LogP contribution >= 0.6 is 0 Å². The molecule has 0 aliphatic heterocycles. The molecule has 0 aliphatic carbocycles. The number of nitrogens with one attached hydrogen (secondary N) is 1. The number of nitrogen functional groups attached to an aromatic ring is 1. The van der Waals surface area contributed by atoms with E-state index < -0.39 is 4.92 Å². The Balaban J connectivity index is 2.83. The molecule has 1 aromatic carbocycles. The zero-order chi connectivity index (χ0) is 14.4. The minimum absolute atomic E-state index is 0.0540. The molecule has 0 radical (unpaired) electrons. The van der Waals surface area contributed by atoms with Crippen LogP contribution in [0.4, 0.5) is 11.4 Å². The molecule has 0 spiro atoms. The van der Waals surface area contributed by atoms with Crippen molar-refractivity contribution in [1.82, 2.24) is 4.90 Å². The summed E-state index contributed by atoms with van der Waals surface area (Å²) >= 11 is 0. The van der Waals surface area contributed by atoms with Crippen molar-refractivity contribution in [3.8, 4) is 6.07 Å². The van der Waals surface area contributed by atoms with Crippen LogP contribution in [-0.4, -0.2) is 23.4 Å². The number of nitrogens with two attached hydrogens (primary N) is 1. The number of hydrogen-bond acceptors (Lipinski definition) is 6. The minimum atomic E-state index is -0.476. The number of hydrazine groups is 1. The maximum atomic E-state index is 10.9. The van der Waals surface area contributed by atoms with Crippen LogP contribution in [0.2, 0.25) is 0 Å². The van der Waals surface area contributed by atoms with E-state index in [4.69, 9.17) is 11.1 Å². The molecule has 7 heteroatoms. The molecule has 0 fully saturated rings. The van der Waals surface area contributed by atoms with Gasteiger partial charge >= 0.3 is 0 Å². The third-order valence-corrected chi connectivity index (χ3v) is 2.67. The zero-order valence-electron chi connectivity index (χ0n) is 11.0. The van der Waals surface area contributed by atoms with Crippen LogP contribution in [-0.2, 0) is 6.54 Å². The van der Waals surface area contributed by atoms with Gasteiger partial charge < -0.3 is 10.3 Å². The Morgan fingerprint density at radius 1 is 1.63 bits per heavy atom. The molecule has 0 amide bonds. The van der Waals surface area contributed by atoms with Crippen molar-refractivity contribution in [2.24, 2.45) is 11.8 Å². The maximum absolute atomic E-state index is 10.9. The Bertz CT molecular complexity index is 497. The van der Waals surface area contributed by atoms with Crippen molar-refractivity contribution in [1.29, 1.82) is 5.26 Å². The number of nitrogens with zero attached hydrogens (tertiary/aromatic N) is 3. The quantitative estimate of drug-likeness (QED) is 0.457. The molecule has 1 rings (SSSR count). The van der Waals surface area contributed by atoms with E-state index in [0.717, 1.165) is 5.56 Å². The van der Waals surface area contributed by atoms with Crippen molar-refractivity contribution >= 4 is 11.4 Å². The Kier molecular flexibility index (Phi) is 5.23. The molecule has 1 unspecified atom stereocenters. The summed E-state index contributed by atoms with van der Waals surface area (Å²) < 4.78 is 0. The standard InChI is InChI=1S/C12H17N5O2/c1-9(6-13)7-16(2)8-10-3-4-11(15-14)12(5-10)17(18)19/h3-5,9,15H,7-8,14H2,1-2H3. The van der Waals surface area contributed by atoms with Gasteiger partial charge in [0.1, 0.15) is 5.69 Å². The highest BCUT2D eigenvalue weighted by Crippen LogP contribution is 2.25. The first-order valence-electron chi connectivity index (χ1n) is 5.80. The van der Waals surface area contributed by atoms with E-state index in [0.29, 0.717) is 13.1 Å². The van der Waals surface area contributed by atoms with Gasteiger partial charge in [-0.3, -0.25) is 16.0 Å². The second kappa shape index (κ2) is 6.68. The summed E-state index contributed by atoms with van der Waals surface area (Å²) in [4.78, 5) is 12.4. The van der Waals surface area contributed by atoms with Crippen LogP contribution in [0.5, 0.6) is 0 Å². The molecule has 3 N–H and O–H groups in total. The molecule has 0 saturated carbocycles. The minimum Gasteiger partial charge on any atom is -0.318 e. The fraction of sp³-hybridized carbons (Fsp3) is 0.417. The molecule has 1 aromatic rings. The van der Waals surface area contributed by atoms with Crippen LogP contribution in [0, 0.1) is 27.4 Å². The Morgan fingerprint density at radius 2 is 2.32 bits per heavy atom. The van der Waals surface area contributed by atoms with Crippen molar-refractivity contribution in [2.45, 2.75) is 13.5 Å². The average Bonchev–Trinajstić information content (AvgIpc) is 2.38. The number of benzene rings is 1. The first kappa shape index (κ1) is 14.9. The molecule has 0 aromatic heterocycles. The number of rotatable bonds is 6. The second-order valence-electron chi connectivity index (χ2n) is 4.48. The summed E-state index contributed by atoms with van der Waals surface area (Å²) in [6.45, 7) is 2.99. The van der Waals surface area contributed by atoms with Gasteiger partial charge in [0, 0.05) is 19.2 Å². The molecule has 0 heterocycles. The van der Waals surface area contributed by atoms with Gasteiger partial charge in [0.15, 0.2) is 0 Å². The van der Waals surface area contributed by atoms with Gasteiger partial charge in [-0.15, -0.1) is 0 Å². The van der Waals surface area contributed by atoms with E-state index in [9.17, 15) is 10.1 Å². The highest BCUT2D eigenvalue weighted by Gasteiger charge is 2.14. The molecule has 0 aliphatic rings. The van der Waals surface area contributed by atoms with E-state index in [1.54, 1.807) is 12.1 Å². The van der Waals surface area contributed by atoms with Crippen LogP contribution in [0.25, 0.3) is 0 Å². The largest absolute Gasteiger partial charge is 0.318 e. The molecule has 102 valence electrons. The lowest BCUT2D eigenvalue weighted by Crippen LogP contribution is -2.23. The SMILES string of the molecule is CC(C#N)CN(C)Cc1ccc(NN)c([N+](=O)[O-])c1. The predicted octanol–water partition coefficient (Wildman–Crippen LogP) is 1.47. The van der Waals surface area contributed by atoms with E-state index >= 15 is 0 Å². The van der Waals surface area contributed by atoms with E-state index in [1.807, 2.05) is 18.9 Å². The second-order valence-corrected chi connectivity index (χ2v) is 4.48. The number of nitro groups is 1. The Hall–Kier alpha value is -2.17. The lowest BCUT2D eigenvalue weighted by molar-refractivity contribution is -0.384. The molecule has 0 saturated heterocycles. The summed E-state index contributed by atoms with van der Waals surface area (Å²) in [5.74, 6) is 5.14. The number of hydrogen-bond donors (Lipinski definition) is 2. The van der Waals surface area contributed by atoms with Gasteiger partial charge in [-0.1, -0.05) is 6.07 Å². The van der Waals surface area contributed by atoms with E-state index in [1.165, 1.54) is 6.07 Å². The van der Waals surface area contributed by atoms with Crippen molar-refractivity contribution in [3.63, 3.8) is 0 Å². The van der Waals surface area contributed by atoms with Gasteiger partial charge in [0.25, 0.3) is 5.69 Å². The highest BCUT2D eigenvalue weighted by atomic mass is 16.6. The molecular weight excluding hydrogens is 246 g/mol. The lowest BCUT2D eigenvalue weighted by atomic mass is 10.1. The molecule has 1 atom stereocenters. The van der Waals surface area contributed by atoms with Crippen LogP contribution < -0.4 is 11.3 Å². The molecule has 0 bridgehead atoms. The zero-order valence-corrected chi connectivity index (χ0v) is 11.0. The van der Waals surface area contributed by atoms with Gasteiger partial charge in [-0.05, 0) is 25.6 Å². The molecule has 7 nitrogen and oxygen atoms in total. The van der Waals surface area contributed by atoms with Crippen molar-refractivity contribution in [2.75, 3.05) is 19.0 Å². The molecular formula is C12H17N5O2. The van der Waals surface area contributed by atoms with E-state index in [-0.39, 0.29) is 17.3 Å². The van der Waals surface area contributed by atoms with Gasteiger partial charge in [0.05, 0.1) is 16.9 Å². The normalized spacial score (nSPS) is 11.9. The van der Waals surface area contributed by atoms with Crippen LogP contribution in [0.1, 0.15) is 12.5 Å². The Morgan fingerprint density at radius 3 is 2.84 bits per heavy atom. The van der Waals surface area contributed by atoms with Crippen molar-refractivity contribution in [3.05, 3.63) is 33.9 Å². The molecule has 19 heavy (non-hydrogen) atoms. The highest BCUT2D eigenvalue weighted by molar-refractivity contribution is 5.61. The lowest BCUT2D eigenvalue weighted by Gasteiger charge is -2.17. The number of anilines is 1. The first-order chi connectivity index (χ1) is 8.97. The fourth-order valence-electron chi connectivity index (χ4n) is 1.83. The fourth-order valence-corrected chi connectivity index (χ4v) is 1.83. The third kappa shape index (κ3) is 4.21. The van der Waals surface area contributed by atoms with E-state index in [2.05, 4.69) is 11.5 Å². The average molecular weight is 263 g/mol. The summed E-state index contributed by atoms with van der Waals surface area (Å²) in [5.41, 5.74) is 3.33.